The van der Waals surface area contributed by atoms with E-state index in [-0.39, 0.29) is 12.5 Å². The largest absolute Gasteiger partial charge is 0.496 e. The second kappa shape index (κ2) is 8.88. The fourth-order valence-electron chi connectivity index (χ4n) is 2.53. The van der Waals surface area contributed by atoms with Gasteiger partial charge in [-0.05, 0) is 35.7 Å². The first-order chi connectivity index (χ1) is 13.1. The molecule has 138 valence electrons. The fraction of sp³-hybridized carbons (Fsp3) is 0.100. The van der Waals surface area contributed by atoms with Crippen LogP contribution in [0.5, 0.6) is 11.5 Å². The van der Waals surface area contributed by atoms with Gasteiger partial charge in [0.25, 0.3) is 5.91 Å². The van der Waals surface area contributed by atoms with Gasteiger partial charge < -0.3 is 9.47 Å². The van der Waals surface area contributed by atoms with E-state index < -0.39 is 0 Å². The van der Waals surface area contributed by atoms with Crippen LogP contribution in [0, 0.1) is 0 Å². The van der Waals surface area contributed by atoms with E-state index in [4.69, 9.17) is 21.1 Å². The molecule has 0 heterocycles. The van der Waals surface area contributed by atoms with E-state index in [0.717, 1.165) is 26.6 Å². The summed E-state index contributed by atoms with van der Waals surface area (Å²) in [7, 11) is 1.63. The first kappa shape index (κ1) is 19.2. The lowest BCUT2D eigenvalue weighted by molar-refractivity contribution is -0.123. The highest BCUT2D eigenvalue weighted by Gasteiger charge is 2.07. The van der Waals surface area contributed by atoms with Crippen molar-refractivity contribution in [3.63, 3.8) is 0 Å². The number of amides is 1. The number of nitrogens with zero attached hydrogens (tertiary/aromatic N) is 1. The van der Waals surface area contributed by atoms with Crippen LogP contribution in [0.4, 0.5) is 0 Å². The number of hydrazone groups is 1. The minimum atomic E-state index is -0.386. The Bertz CT molecular complexity index is 1010. The number of ether oxygens (including phenoxy) is 2. The first-order valence-corrected chi connectivity index (χ1v) is 9.21. The molecule has 1 N–H and O–H groups in total. The summed E-state index contributed by atoms with van der Waals surface area (Å²) in [6.07, 6.45) is 1.59. The number of methoxy groups -OCH3 is 1. The average Bonchev–Trinajstić information content (AvgIpc) is 2.67. The molecular weight excluding hydrogens is 432 g/mol. The standard InChI is InChI=1S/C20H16BrClN2O3/c1-26-18-8-6-13(15-4-2-3-5-16(15)18)11-23-24-20(25)12-27-19-9-7-14(21)10-17(19)22/h2-11H,12H2,1H3,(H,24,25). The van der Waals surface area contributed by atoms with Gasteiger partial charge >= 0.3 is 0 Å². The molecule has 5 nitrogen and oxygen atoms in total. The molecule has 0 aliphatic carbocycles. The summed E-state index contributed by atoms with van der Waals surface area (Å²) in [5.74, 6) is 0.828. The van der Waals surface area contributed by atoms with Crippen LogP contribution in [-0.4, -0.2) is 25.8 Å². The van der Waals surface area contributed by atoms with Crippen molar-refractivity contribution in [2.75, 3.05) is 13.7 Å². The zero-order valence-electron chi connectivity index (χ0n) is 14.4. The fourth-order valence-corrected chi connectivity index (χ4v) is 3.25. The third-order valence-corrected chi connectivity index (χ3v) is 4.57. The SMILES string of the molecule is COc1ccc(C=NNC(=O)COc2ccc(Br)cc2Cl)c2ccccc12. The molecule has 0 atom stereocenters. The summed E-state index contributed by atoms with van der Waals surface area (Å²) in [6.45, 7) is -0.192. The van der Waals surface area contributed by atoms with Gasteiger partial charge in [0.05, 0.1) is 18.3 Å². The molecular formula is C20H16BrClN2O3. The van der Waals surface area contributed by atoms with Crippen molar-refractivity contribution in [3.05, 3.63) is 69.7 Å². The summed E-state index contributed by atoms with van der Waals surface area (Å²) < 4.78 is 11.6. The van der Waals surface area contributed by atoms with Crippen LogP contribution in [0.1, 0.15) is 5.56 Å². The molecule has 0 radical (unpaired) electrons. The van der Waals surface area contributed by atoms with Gasteiger partial charge in [0.15, 0.2) is 6.61 Å². The van der Waals surface area contributed by atoms with Gasteiger partial charge in [-0.3, -0.25) is 4.79 Å². The number of hydrogen-bond donors (Lipinski definition) is 1. The van der Waals surface area contributed by atoms with Crippen molar-refractivity contribution in [3.8, 4) is 11.5 Å². The smallest absolute Gasteiger partial charge is 0.277 e. The van der Waals surface area contributed by atoms with Crippen molar-refractivity contribution < 1.29 is 14.3 Å². The Morgan fingerprint density at radius 1 is 1.15 bits per heavy atom. The van der Waals surface area contributed by atoms with Crippen LogP contribution < -0.4 is 14.9 Å². The monoisotopic (exact) mass is 446 g/mol. The van der Waals surface area contributed by atoms with Crippen LogP contribution in [0.25, 0.3) is 10.8 Å². The lowest BCUT2D eigenvalue weighted by Gasteiger charge is -2.08. The average molecular weight is 448 g/mol. The minimum absolute atomic E-state index is 0.192. The molecule has 0 saturated heterocycles. The van der Waals surface area contributed by atoms with Gasteiger partial charge in [-0.1, -0.05) is 51.8 Å². The number of carbonyl (C=O) groups excluding carboxylic acids is 1. The molecule has 7 heteroatoms. The zero-order valence-corrected chi connectivity index (χ0v) is 16.8. The molecule has 0 saturated carbocycles. The van der Waals surface area contributed by atoms with Crippen molar-refractivity contribution in [2.45, 2.75) is 0 Å². The molecule has 0 bridgehead atoms. The highest BCUT2D eigenvalue weighted by molar-refractivity contribution is 9.10. The number of rotatable bonds is 6. The topological polar surface area (TPSA) is 59.9 Å². The summed E-state index contributed by atoms with van der Waals surface area (Å²) >= 11 is 9.36. The van der Waals surface area contributed by atoms with Crippen LogP contribution in [0.15, 0.2) is 64.2 Å². The van der Waals surface area contributed by atoms with Gasteiger partial charge in [0, 0.05) is 15.4 Å². The molecule has 0 spiro atoms. The molecule has 3 rings (SSSR count). The third-order valence-electron chi connectivity index (χ3n) is 3.78. The lowest BCUT2D eigenvalue weighted by atomic mass is 10.0. The van der Waals surface area contributed by atoms with Crippen LogP contribution >= 0.6 is 27.5 Å². The Balaban J connectivity index is 1.64. The predicted octanol–water partition coefficient (Wildman–Crippen LogP) is 4.79. The summed E-state index contributed by atoms with van der Waals surface area (Å²) in [5, 5.41) is 6.39. The highest BCUT2D eigenvalue weighted by atomic mass is 79.9. The molecule has 0 aromatic heterocycles. The molecule has 1 amide bonds. The van der Waals surface area contributed by atoms with Crippen molar-refractivity contribution >= 4 is 50.4 Å². The zero-order chi connectivity index (χ0) is 19.2. The predicted molar refractivity (Wildman–Crippen MR) is 111 cm³/mol. The van der Waals surface area contributed by atoms with Crippen LogP contribution in [0.3, 0.4) is 0 Å². The van der Waals surface area contributed by atoms with E-state index in [9.17, 15) is 4.79 Å². The van der Waals surface area contributed by atoms with Gasteiger partial charge in [-0.25, -0.2) is 5.43 Å². The number of halogens is 2. The van der Waals surface area contributed by atoms with E-state index in [0.29, 0.717) is 10.8 Å². The molecule has 27 heavy (non-hydrogen) atoms. The van der Waals surface area contributed by atoms with E-state index in [1.54, 1.807) is 31.5 Å². The maximum Gasteiger partial charge on any atom is 0.277 e. The molecule has 0 fully saturated rings. The molecule has 3 aromatic carbocycles. The Hall–Kier alpha value is -2.57. The Morgan fingerprint density at radius 2 is 1.89 bits per heavy atom. The molecule has 0 unspecified atom stereocenters. The minimum Gasteiger partial charge on any atom is -0.496 e. The highest BCUT2D eigenvalue weighted by Crippen LogP contribution is 2.28. The molecule has 0 aliphatic heterocycles. The van der Waals surface area contributed by atoms with Gasteiger partial charge in [0.1, 0.15) is 11.5 Å². The molecule has 0 aliphatic rings. The quantitative estimate of drug-likeness (QED) is 0.436. The van der Waals surface area contributed by atoms with Crippen molar-refractivity contribution in [1.82, 2.24) is 5.43 Å². The van der Waals surface area contributed by atoms with Gasteiger partial charge in [-0.15, -0.1) is 0 Å². The third kappa shape index (κ3) is 4.78. The van der Waals surface area contributed by atoms with Crippen LogP contribution in [-0.2, 0) is 4.79 Å². The number of carbonyl (C=O) groups is 1. The molecule has 3 aromatic rings. The van der Waals surface area contributed by atoms with E-state index >= 15 is 0 Å². The van der Waals surface area contributed by atoms with Crippen molar-refractivity contribution in [2.24, 2.45) is 5.10 Å². The normalized spacial score (nSPS) is 10.9. The van der Waals surface area contributed by atoms with Crippen molar-refractivity contribution in [1.29, 1.82) is 0 Å². The van der Waals surface area contributed by atoms with Gasteiger partial charge in [0.2, 0.25) is 0 Å². The second-order valence-electron chi connectivity index (χ2n) is 5.56. The second-order valence-corrected chi connectivity index (χ2v) is 6.88. The van der Waals surface area contributed by atoms with E-state index in [1.807, 2.05) is 36.4 Å². The summed E-state index contributed by atoms with van der Waals surface area (Å²) in [4.78, 5) is 11.9. The number of fused-ring (bicyclic) bond motifs is 1. The Kier molecular flexibility index (Phi) is 6.32. The maximum absolute atomic E-state index is 11.9. The number of benzene rings is 3. The number of nitrogens with one attached hydrogen (secondary N) is 1. The Labute approximate surface area is 170 Å². The lowest BCUT2D eigenvalue weighted by Crippen LogP contribution is -2.24. The van der Waals surface area contributed by atoms with E-state index in [2.05, 4.69) is 26.5 Å². The maximum atomic E-state index is 11.9. The number of hydrogen-bond acceptors (Lipinski definition) is 4. The first-order valence-electron chi connectivity index (χ1n) is 8.04. The summed E-state index contributed by atoms with van der Waals surface area (Å²) in [5.41, 5.74) is 3.31. The van der Waals surface area contributed by atoms with E-state index in [1.165, 1.54) is 0 Å². The Morgan fingerprint density at radius 3 is 2.63 bits per heavy atom. The van der Waals surface area contributed by atoms with Crippen LogP contribution in [0.2, 0.25) is 5.02 Å². The summed E-state index contributed by atoms with van der Waals surface area (Å²) in [6, 6.07) is 16.7. The van der Waals surface area contributed by atoms with Gasteiger partial charge in [-0.2, -0.15) is 5.10 Å².